The van der Waals surface area contributed by atoms with Crippen LogP contribution < -0.4 is 10.5 Å². The van der Waals surface area contributed by atoms with Crippen LogP contribution in [-0.4, -0.2) is 41.9 Å². The lowest BCUT2D eigenvalue weighted by molar-refractivity contribution is 0.0453. The van der Waals surface area contributed by atoms with Crippen molar-refractivity contribution in [3.8, 4) is 11.3 Å². The van der Waals surface area contributed by atoms with Crippen LogP contribution in [0.5, 0.6) is 0 Å². The minimum Gasteiger partial charge on any atom is -0.393 e. The summed E-state index contributed by atoms with van der Waals surface area (Å²) in [5.74, 6) is 0.370. The monoisotopic (exact) mass is 461 g/mol. The fourth-order valence-corrected chi connectivity index (χ4v) is 4.55. The molecule has 1 fully saturated rings. The van der Waals surface area contributed by atoms with Crippen molar-refractivity contribution < 1.29 is 13.5 Å². The third kappa shape index (κ3) is 5.70. The van der Waals surface area contributed by atoms with Gasteiger partial charge in [0.05, 0.1) is 27.8 Å². The number of aliphatic imine (C=N–C) groups is 1. The molecule has 10 heteroatoms. The molecule has 0 spiro atoms. The van der Waals surface area contributed by atoms with Gasteiger partial charge in [-0.2, -0.15) is 0 Å². The smallest absolute Gasteiger partial charge is 0.240 e. The third-order valence-corrected chi connectivity index (χ3v) is 6.81. The summed E-state index contributed by atoms with van der Waals surface area (Å²) in [4.78, 5) is 13.6. The van der Waals surface area contributed by atoms with E-state index in [0.717, 1.165) is 11.3 Å². The Kier molecular flexibility index (Phi) is 7.15. The van der Waals surface area contributed by atoms with Gasteiger partial charge in [0.25, 0.3) is 0 Å². The van der Waals surface area contributed by atoms with Crippen LogP contribution in [0.25, 0.3) is 16.2 Å². The lowest BCUT2D eigenvalue weighted by atomic mass is 9.83. The molecule has 1 saturated carbocycles. The molecule has 31 heavy (non-hydrogen) atoms. The normalized spacial score (nSPS) is 19.1. The topological polar surface area (TPSA) is 131 Å². The number of hydrogen-bond donors (Lipinski definition) is 4. The van der Waals surface area contributed by atoms with E-state index < -0.39 is 10.0 Å². The summed E-state index contributed by atoms with van der Waals surface area (Å²) in [5, 5.41) is 9.38. The van der Waals surface area contributed by atoms with Crippen molar-refractivity contribution in [2.75, 3.05) is 12.3 Å². The van der Waals surface area contributed by atoms with Crippen LogP contribution in [0.3, 0.4) is 0 Å². The number of nitrogens with zero attached hydrogens (tertiary/aromatic N) is 3. The molecule has 1 aliphatic rings. The van der Waals surface area contributed by atoms with Crippen molar-refractivity contribution in [2.24, 2.45) is 10.9 Å². The van der Waals surface area contributed by atoms with Gasteiger partial charge in [-0.3, -0.25) is 4.99 Å². The number of nitrogens with one attached hydrogen (secondary N) is 1. The fraction of sp³-hybridized carbons (Fsp3) is 0.381. The van der Waals surface area contributed by atoms with E-state index in [9.17, 15) is 13.5 Å². The quantitative estimate of drug-likeness (QED) is 0.370. The largest absolute Gasteiger partial charge is 0.393 e. The number of aliphatic hydroxyl groups excluding tert-OH is 1. The number of sulfonamides is 1. The highest BCUT2D eigenvalue weighted by Gasteiger charge is 2.28. The molecule has 0 atom stereocenters. The number of rotatable bonds is 7. The molecule has 1 heterocycles. The summed E-state index contributed by atoms with van der Waals surface area (Å²) in [7, 11) is -3.70. The first-order valence-electron chi connectivity index (χ1n) is 9.88. The second-order valence-electron chi connectivity index (χ2n) is 7.90. The van der Waals surface area contributed by atoms with Gasteiger partial charge in [0.1, 0.15) is 5.69 Å². The summed E-state index contributed by atoms with van der Waals surface area (Å²) in [5.41, 5.74) is 9.16. The molecule has 0 saturated heterocycles. The minimum atomic E-state index is -3.70. The Morgan fingerprint density at radius 3 is 2.74 bits per heavy atom. The van der Waals surface area contributed by atoms with Gasteiger partial charge in [-0.1, -0.05) is 6.07 Å². The number of aryl methyl sites for hydroxylation is 1. The van der Waals surface area contributed by atoms with Crippen LogP contribution in [0.2, 0.25) is 0 Å². The van der Waals surface area contributed by atoms with Gasteiger partial charge >= 0.3 is 0 Å². The number of nitrogen functional groups attached to an aromatic ring is 1. The number of anilines is 1. The van der Waals surface area contributed by atoms with Crippen molar-refractivity contribution in [1.82, 2.24) is 14.7 Å². The summed E-state index contributed by atoms with van der Waals surface area (Å²) in [6.45, 7) is 5.90. The van der Waals surface area contributed by atoms with Crippen LogP contribution >= 0.6 is 12.6 Å². The molecule has 3 rings (SSSR count). The molecule has 1 aliphatic carbocycles. The van der Waals surface area contributed by atoms with Gasteiger partial charge in [-0.25, -0.2) is 23.1 Å². The van der Waals surface area contributed by atoms with Gasteiger partial charge in [-0.15, -0.1) is 12.6 Å². The first-order valence-corrected chi connectivity index (χ1v) is 11.8. The Bertz CT molecular complexity index is 1140. The molecule has 0 aliphatic heterocycles. The van der Waals surface area contributed by atoms with Crippen LogP contribution in [0.15, 0.2) is 40.5 Å². The van der Waals surface area contributed by atoms with Crippen LogP contribution in [0.1, 0.15) is 37.9 Å². The van der Waals surface area contributed by atoms with Crippen LogP contribution in [-0.2, 0) is 10.0 Å². The average Bonchev–Trinajstić information content (AvgIpc) is 2.69. The second kappa shape index (κ2) is 9.47. The predicted octanol–water partition coefficient (Wildman–Crippen LogP) is 2.79. The SMILES string of the molecule is CC(C)=N/C=C(\S)c1nc(-c2cc(S(=O)(=O)NCC3CC(O)C3)ccc2C)cnc1N. The van der Waals surface area contributed by atoms with Gasteiger partial charge in [0.2, 0.25) is 10.0 Å². The van der Waals surface area contributed by atoms with Crippen molar-refractivity contribution in [2.45, 2.75) is 44.6 Å². The molecule has 0 unspecified atom stereocenters. The highest BCUT2D eigenvalue weighted by atomic mass is 32.2. The van der Waals surface area contributed by atoms with Gasteiger partial charge in [-0.05, 0) is 57.2 Å². The summed E-state index contributed by atoms with van der Waals surface area (Å²) in [6.07, 6.45) is 3.98. The Morgan fingerprint density at radius 1 is 1.39 bits per heavy atom. The number of thiol groups is 1. The van der Waals surface area contributed by atoms with E-state index in [2.05, 4.69) is 32.3 Å². The van der Waals surface area contributed by atoms with E-state index in [1.165, 1.54) is 6.20 Å². The Hall–Kier alpha value is -2.27. The van der Waals surface area contributed by atoms with E-state index in [1.54, 1.807) is 24.4 Å². The van der Waals surface area contributed by atoms with Gasteiger partial charge in [0.15, 0.2) is 5.82 Å². The standard InChI is InChI=1S/C21H27N5O3S2/c1-12(2)23-11-19(30)20-21(22)24-10-18(26-20)17-8-16(5-4-13(17)3)31(28,29)25-9-14-6-15(27)7-14/h4-5,8,10-11,14-15,25,27,30H,6-7,9H2,1-3H3,(H2,22,24)/b19-11-. The minimum absolute atomic E-state index is 0.140. The maximum atomic E-state index is 12.8. The lowest BCUT2D eigenvalue weighted by Crippen LogP contribution is -2.38. The van der Waals surface area contributed by atoms with Crippen molar-refractivity contribution in [3.63, 3.8) is 0 Å². The molecule has 0 bridgehead atoms. The van der Waals surface area contributed by atoms with E-state index in [1.807, 2.05) is 20.8 Å². The summed E-state index contributed by atoms with van der Waals surface area (Å²) in [6, 6.07) is 4.87. The van der Waals surface area contributed by atoms with E-state index in [4.69, 9.17) is 5.73 Å². The average molecular weight is 462 g/mol. The summed E-state index contributed by atoms with van der Waals surface area (Å²) >= 11 is 4.43. The molecular formula is C21H27N5O3S2. The molecular weight excluding hydrogens is 434 g/mol. The van der Waals surface area contributed by atoms with Crippen LogP contribution in [0.4, 0.5) is 5.82 Å². The Balaban J connectivity index is 1.92. The van der Waals surface area contributed by atoms with Crippen molar-refractivity contribution in [1.29, 1.82) is 0 Å². The van der Waals surface area contributed by atoms with Gasteiger partial charge < -0.3 is 10.8 Å². The highest BCUT2D eigenvalue weighted by Crippen LogP contribution is 2.29. The zero-order chi connectivity index (χ0) is 22.8. The van der Waals surface area contributed by atoms with Crippen molar-refractivity contribution in [3.05, 3.63) is 41.9 Å². The van der Waals surface area contributed by atoms with E-state index >= 15 is 0 Å². The maximum absolute atomic E-state index is 12.8. The second-order valence-corrected chi connectivity index (χ2v) is 10.1. The Labute approximate surface area is 188 Å². The van der Waals surface area contributed by atoms with Gasteiger partial charge in [0, 0.05) is 24.0 Å². The van der Waals surface area contributed by atoms with E-state index in [0.29, 0.717) is 41.2 Å². The molecule has 166 valence electrons. The first kappa shape index (κ1) is 23.4. The van der Waals surface area contributed by atoms with E-state index in [-0.39, 0.29) is 22.7 Å². The molecule has 0 amide bonds. The fourth-order valence-electron chi connectivity index (χ4n) is 3.19. The third-order valence-electron chi connectivity index (χ3n) is 5.06. The number of aliphatic hydroxyl groups is 1. The molecule has 8 nitrogen and oxygen atoms in total. The first-order chi connectivity index (χ1) is 14.6. The zero-order valence-electron chi connectivity index (χ0n) is 17.7. The number of nitrogens with two attached hydrogens (primary N) is 1. The number of hydrogen-bond acceptors (Lipinski definition) is 8. The predicted molar refractivity (Wildman–Crippen MR) is 126 cm³/mol. The highest BCUT2D eigenvalue weighted by molar-refractivity contribution is 7.90. The van der Waals surface area contributed by atoms with Crippen molar-refractivity contribution >= 4 is 39.1 Å². The zero-order valence-corrected chi connectivity index (χ0v) is 19.4. The summed E-state index contributed by atoms with van der Waals surface area (Å²) < 4.78 is 28.2. The number of aromatic nitrogens is 2. The maximum Gasteiger partial charge on any atom is 0.240 e. The number of benzene rings is 1. The molecule has 4 N–H and O–H groups in total. The molecule has 2 aromatic rings. The Morgan fingerprint density at radius 2 is 2.10 bits per heavy atom. The van der Waals surface area contributed by atoms with Crippen LogP contribution in [0, 0.1) is 12.8 Å². The molecule has 1 aromatic carbocycles. The lowest BCUT2D eigenvalue weighted by Gasteiger charge is -2.31. The molecule has 1 aromatic heterocycles. The molecule has 0 radical (unpaired) electrons.